The van der Waals surface area contributed by atoms with Crippen LogP contribution in [0.5, 0.6) is 0 Å². The Morgan fingerprint density at radius 1 is 1.23 bits per heavy atom. The zero-order valence-electron chi connectivity index (χ0n) is 10.1. The summed E-state index contributed by atoms with van der Waals surface area (Å²) in [5, 5.41) is 3.48. The van der Waals surface area contributed by atoms with Crippen molar-refractivity contribution in [2.75, 3.05) is 26.7 Å². The summed E-state index contributed by atoms with van der Waals surface area (Å²) in [5.74, 6) is 0.764. The Morgan fingerprint density at radius 2 is 1.77 bits per heavy atom. The Kier molecular flexibility index (Phi) is 5.57. The van der Waals surface area contributed by atoms with Crippen LogP contribution >= 0.6 is 0 Å². The molecule has 0 heterocycles. The first-order valence-corrected chi connectivity index (χ1v) is 5.25. The first-order chi connectivity index (χ1) is 5.81. The molecule has 2 heteroatoms. The quantitative estimate of drug-likeness (QED) is 0.706. The van der Waals surface area contributed by atoms with E-state index in [9.17, 15) is 0 Å². The molecule has 0 aliphatic rings. The van der Waals surface area contributed by atoms with Gasteiger partial charge in [-0.05, 0) is 33.7 Å². The fourth-order valence-electron chi connectivity index (χ4n) is 1.34. The second-order valence-corrected chi connectivity index (χ2v) is 5.33. The Bertz CT molecular complexity index is 125. The average molecular weight is 186 g/mol. The topological polar surface area (TPSA) is 15.3 Å². The zero-order valence-corrected chi connectivity index (χ0v) is 10.1. The van der Waals surface area contributed by atoms with Gasteiger partial charge in [-0.15, -0.1) is 0 Å². The Balaban J connectivity index is 3.42. The van der Waals surface area contributed by atoms with Crippen molar-refractivity contribution in [1.82, 2.24) is 10.2 Å². The van der Waals surface area contributed by atoms with Crippen LogP contribution in [-0.4, -0.2) is 37.1 Å². The standard InChI is InChI=1S/C11H26N2/c1-10(2)9-13(6)8-7-12-11(3,4)5/h10,12H,7-9H2,1-6H3. The summed E-state index contributed by atoms with van der Waals surface area (Å²) >= 11 is 0. The third-order valence-electron chi connectivity index (χ3n) is 1.83. The molecule has 0 aliphatic heterocycles. The van der Waals surface area contributed by atoms with Gasteiger partial charge in [-0.25, -0.2) is 0 Å². The van der Waals surface area contributed by atoms with E-state index in [0.29, 0.717) is 0 Å². The van der Waals surface area contributed by atoms with E-state index < -0.39 is 0 Å². The van der Waals surface area contributed by atoms with E-state index in [1.54, 1.807) is 0 Å². The van der Waals surface area contributed by atoms with Crippen LogP contribution in [-0.2, 0) is 0 Å². The van der Waals surface area contributed by atoms with Crippen molar-refractivity contribution in [2.24, 2.45) is 5.92 Å². The second-order valence-electron chi connectivity index (χ2n) is 5.33. The molecule has 0 fully saturated rings. The first kappa shape index (κ1) is 12.9. The highest BCUT2D eigenvalue weighted by molar-refractivity contribution is 4.70. The summed E-state index contributed by atoms with van der Waals surface area (Å²) in [4.78, 5) is 2.38. The van der Waals surface area contributed by atoms with Crippen molar-refractivity contribution in [1.29, 1.82) is 0 Å². The van der Waals surface area contributed by atoms with Crippen molar-refractivity contribution in [2.45, 2.75) is 40.2 Å². The van der Waals surface area contributed by atoms with E-state index in [1.807, 2.05) is 0 Å². The SMILES string of the molecule is CC(C)CN(C)CCNC(C)(C)C. The summed E-state index contributed by atoms with van der Waals surface area (Å²) in [6.45, 7) is 14.5. The van der Waals surface area contributed by atoms with Crippen molar-refractivity contribution >= 4 is 0 Å². The fraction of sp³-hybridized carbons (Fsp3) is 1.00. The van der Waals surface area contributed by atoms with Crippen LogP contribution in [0.2, 0.25) is 0 Å². The minimum absolute atomic E-state index is 0.249. The lowest BCUT2D eigenvalue weighted by molar-refractivity contribution is 0.280. The Labute approximate surface area is 83.7 Å². The van der Waals surface area contributed by atoms with E-state index in [4.69, 9.17) is 0 Å². The lowest BCUT2D eigenvalue weighted by Gasteiger charge is -2.24. The minimum Gasteiger partial charge on any atom is -0.311 e. The van der Waals surface area contributed by atoms with Crippen LogP contribution < -0.4 is 5.32 Å². The number of nitrogens with one attached hydrogen (secondary N) is 1. The minimum atomic E-state index is 0.249. The van der Waals surface area contributed by atoms with Crippen LogP contribution in [0.4, 0.5) is 0 Å². The lowest BCUT2D eigenvalue weighted by Crippen LogP contribution is -2.41. The molecule has 2 nitrogen and oxygen atoms in total. The maximum absolute atomic E-state index is 3.48. The van der Waals surface area contributed by atoms with Crippen LogP contribution in [0.25, 0.3) is 0 Å². The van der Waals surface area contributed by atoms with Gasteiger partial charge in [0.05, 0.1) is 0 Å². The molecule has 0 aromatic carbocycles. The molecule has 0 aromatic heterocycles. The van der Waals surface area contributed by atoms with Gasteiger partial charge in [0.25, 0.3) is 0 Å². The predicted octanol–water partition coefficient (Wildman–Crippen LogP) is 1.96. The summed E-state index contributed by atoms with van der Waals surface area (Å²) in [6, 6.07) is 0. The molecule has 1 N–H and O–H groups in total. The highest BCUT2D eigenvalue weighted by Crippen LogP contribution is 1.98. The number of likely N-dealkylation sites (N-methyl/N-ethyl adjacent to an activating group) is 1. The van der Waals surface area contributed by atoms with Gasteiger partial charge in [0, 0.05) is 25.2 Å². The van der Waals surface area contributed by atoms with Gasteiger partial charge < -0.3 is 10.2 Å². The highest BCUT2D eigenvalue weighted by Gasteiger charge is 2.08. The van der Waals surface area contributed by atoms with Gasteiger partial charge in [-0.3, -0.25) is 0 Å². The molecule has 80 valence electrons. The lowest BCUT2D eigenvalue weighted by atomic mass is 10.1. The number of hydrogen-bond donors (Lipinski definition) is 1. The fourth-order valence-corrected chi connectivity index (χ4v) is 1.34. The van der Waals surface area contributed by atoms with Crippen molar-refractivity contribution in [3.63, 3.8) is 0 Å². The van der Waals surface area contributed by atoms with Gasteiger partial charge in [-0.2, -0.15) is 0 Å². The molecule has 0 spiro atoms. The summed E-state index contributed by atoms with van der Waals surface area (Å²) < 4.78 is 0. The molecule has 0 unspecified atom stereocenters. The largest absolute Gasteiger partial charge is 0.311 e. The van der Waals surface area contributed by atoms with E-state index in [-0.39, 0.29) is 5.54 Å². The van der Waals surface area contributed by atoms with E-state index in [1.165, 1.54) is 6.54 Å². The monoisotopic (exact) mass is 186 g/mol. The summed E-state index contributed by atoms with van der Waals surface area (Å²) in [7, 11) is 2.18. The second kappa shape index (κ2) is 5.61. The molecule has 0 atom stereocenters. The van der Waals surface area contributed by atoms with Crippen LogP contribution in [0.15, 0.2) is 0 Å². The van der Waals surface area contributed by atoms with Gasteiger partial charge in [0.1, 0.15) is 0 Å². The van der Waals surface area contributed by atoms with Gasteiger partial charge in [0.15, 0.2) is 0 Å². The third kappa shape index (κ3) is 9.84. The number of hydrogen-bond acceptors (Lipinski definition) is 2. The van der Waals surface area contributed by atoms with Crippen molar-refractivity contribution in [3.05, 3.63) is 0 Å². The summed E-state index contributed by atoms with van der Waals surface area (Å²) in [5.41, 5.74) is 0.249. The molecule has 0 bridgehead atoms. The van der Waals surface area contributed by atoms with Gasteiger partial charge in [-0.1, -0.05) is 13.8 Å². The molecule has 13 heavy (non-hydrogen) atoms. The maximum Gasteiger partial charge on any atom is 0.0104 e. The van der Waals surface area contributed by atoms with E-state index in [0.717, 1.165) is 19.0 Å². The molecule has 0 aromatic rings. The molecule has 0 radical (unpaired) electrons. The van der Waals surface area contributed by atoms with Crippen LogP contribution in [0.1, 0.15) is 34.6 Å². The Morgan fingerprint density at radius 3 is 2.15 bits per heavy atom. The maximum atomic E-state index is 3.48. The molecule has 0 saturated carbocycles. The normalized spacial score (nSPS) is 12.9. The highest BCUT2D eigenvalue weighted by atomic mass is 15.1. The molecule has 0 aliphatic carbocycles. The van der Waals surface area contributed by atoms with Crippen molar-refractivity contribution < 1.29 is 0 Å². The molecule has 0 saturated heterocycles. The van der Waals surface area contributed by atoms with E-state index in [2.05, 4.69) is 51.9 Å². The predicted molar refractivity (Wildman–Crippen MR) is 60.1 cm³/mol. The smallest absolute Gasteiger partial charge is 0.0104 e. The Hall–Kier alpha value is -0.0800. The first-order valence-electron chi connectivity index (χ1n) is 5.25. The molecule has 0 amide bonds. The van der Waals surface area contributed by atoms with Gasteiger partial charge in [0.2, 0.25) is 0 Å². The van der Waals surface area contributed by atoms with Crippen molar-refractivity contribution in [3.8, 4) is 0 Å². The summed E-state index contributed by atoms with van der Waals surface area (Å²) in [6.07, 6.45) is 0. The van der Waals surface area contributed by atoms with Crippen LogP contribution in [0.3, 0.4) is 0 Å². The zero-order chi connectivity index (χ0) is 10.5. The van der Waals surface area contributed by atoms with E-state index >= 15 is 0 Å². The molecule has 0 rings (SSSR count). The molecular weight excluding hydrogens is 160 g/mol. The average Bonchev–Trinajstić information content (AvgIpc) is 1.81. The number of rotatable bonds is 5. The van der Waals surface area contributed by atoms with Crippen LogP contribution in [0, 0.1) is 5.92 Å². The molecular formula is C11H26N2. The third-order valence-corrected chi connectivity index (χ3v) is 1.83. The number of nitrogens with zero attached hydrogens (tertiary/aromatic N) is 1. The van der Waals surface area contributed by atoms with Gasteiger partial charge >= 0.3 is 0 Å².